The van der Waals surface area contributed by atoms with E-state index < -0.39 is 10.0 Å². The third-order valence-corrected chi connectivity index (χ3v) is 10.1. The molecule has 1 saturated heterocycles. The molecule has 1 aliphatic carbocycles. The van der Waals surface area contributed by atoms with E-state index in [2.05, 4.69) is 31.6 Å². The van der Waals surface area contributed by atoms with Crippen LogP contribution in [0.5, 0.6) is 5.75 Å². The predicted octanol–water partition coefficient (Wildman–Crippen LogP) is 4.70. The number of morpholine rings is 1. The van der Waals surface area contributed by atoms with Gasteiger partial charge in [-0.2, -0.15) is 4.98 Å². The normalized spacial score (nSPS) is 19.1. The number of methoxy groups -OCH3 is 1. The molecule has 3 aliphatic rings. The monoisotopic (exact) mass is 612 g/mol. The number of anilines is 5. The smallest absolute Gasteiger partial charge is 0.232 e. The van der Waals surface area contributed by atoms with Crippen LogP contribution in [0.4, 0.5) is 28.8 Å². The van der Waals surface area contributed by atoms with Gasteiger partial charge in [-0.05, 0) is 79.0 Å². The molecule has 3 aromatic rings. The van der Waals surface area contributed by atoms with Gasteiger partial charge in [0.1, 0.15) is 10.8 Å². The number of nitrogens with one attached hydrogen (secondary N) is 2. The van der Waals surface area contributed by atoms with Crippen molar-refractivity contribution in [2.45, 2.75) is 44.6 Å². The fourth-order valence-electron chi connectivity index (χ4n) is 6.35. The van der Waals surface area contributed by atoms with E-state index in [1.165, 1.54) is 40.5 Å². The van der Waals surface area contributed by atoms with Gasteiger partial charge >= 0.3 is 0 Å². The Balaban J connectivity index is 1.43. The Morgan fingerprint density at radius 3 is 2.55 bits per heavy atom. The van der Waals surface area contributed by atoms with Gasteiger partial charge in [0, 0.05) is 26.2 Å². The standard InChI is InChI=1S/C30H37ClN6O4S/c1-36(42(3,38)39)27-11-5-19-4-6-20-17-26(34-30-32-18-24(31)29(35-30)33-25(27)16-19)28(40-2)23-10-8-21(7-9-22(20)23)37-12-14-41-15-13-37/h5,11,16-18,21H,4,6-10,12-15H2,1-3H3,(H2,32,33,34,35)/t21-/m0/s1. The molecule has 10 nitrogen and oxygen atoms in total. The highest BCUT2D eigenvalue weighted by molar-refractivity contribution is 7.92. The van der Waals surface area contributed by atoms with E-state index in [0.29, 0.717) is 34.2 Å². The van der Waals surface area contributed by atoms with Crippen LogP contribution in [0.2, 0.25) is 5.02 Å². The Bertz CT molecular complexity index is 1600. The quantitative estimate of drug-likeness (QED) is 0.405. The molecular formula is C30H37ClN6O4S. The topological polar surface area (TPSA) is 109 Å². The zero-order chi connectivity index (χ0) is 29.4. The molecule has 42 heavy (non-hydrogen) atoms. The van der Waals surface area contributed by atoms with Gasteiger partial charge in [0.15, 0.2) is 5.82 Å². The first-order valence-electron chi connectivity index (χ1n) is 14.4. The number of rotatable bonds is 4. The largest absolute Gasteiger partial charge is 0.494 e. The van der Waals surface area contributed by atoms with Crippen molar-refractivity contribution < 1.29 is 17.9 Å². The maximum absolute atomic E-state index is 12.4. The fourth-order valence-corrected chi connectivity index (χ4v) is 7.01. The highest BCUT2D eigenvalue weighted by atomic mass is 35.5. The molecule has 2 N–H and O–H groups in total. The van der Waals surface area contributed by atoms with Crippen molar-refractivity contribution in [2.75, 3.05) is 61.7 Å². The number of aryl methyl sites for hydroxylation is 2. The molecule has 1 aromatic heterocycles. The summed E-state index contributed by atoms with van der Waals surface area (Å²) in [5.41, 5.74) is 6.90. The third kappa shape index (κ3) is 5.88. The average Bonchev–Trinajstić information content (AvgIpc) is 3.20. The molecule has 12 heteroatoms. The molecule has 0 radical (unpaired) electrons. The summed E-state index contributed by atoms with van der Waals surface area (Å²) in [6.07, 6.45) is 8.39. The highest BCUT2D eigenvalue weighted by Crippen LogP contribution is 2.41. The Kier molecular flexibility index (Phi) is 8.19. The SMILES string of the molecule is COc1c2cc(c3c1CC[C@@H](N1CCOCC1)CC3)CCc1ccc(N(C)S(C)(=O)=O)c(c1)Nc1nc(ncc1Cl)N2. The molecule has 3 heterocycles. The van der Waals surface area contributed by atoms with Crippen LogP contribution in [0.1, 0.15) is 35.1 Å². The lowest BCUT2D eigenvalue weighted by molar-refractivity contribution is 0.0136. The van der Waals surface area contributed by atoms with E-state index in [0.717, 1.165) is 81.8 Å². The second-order valence-electron chi connectivity index (χ2n) is 11.2. The number of halogens is 1. The van der Waals surface area contributed by atoms with Crippen LogP contribution in [0.15, 0.2) is 30.5 Å². The first kappa shape index (κ1) is 29.0. The maximum Gasteiger partial charge on any atom is 0.232 e. The number of hydrogen-bond acceptors (Lipinski definition) is 9. The Morgan fingerprint density at radius 1 is 1.05 bits per heavy atom. The molecule has 0 amide bonds. The van der Waals surface area contributed by atoms with Crippen molar-refractivity contribution in [3.05, 3.63) is 57.7 Å². The lowest BCUT2D eigenvalue weighted by Gasteiger charge is -2.34. The van der Waals surface area contributed by atoms with Crippen LogP contribution >= 0.6 is 11.6 Å². The van der Waals surface area contributed by atoms with Crippen LogP contribution in [-0.2, 0) is 40.4 Å². The van der Waals surface area contributed by atoms with Gasteiger partial charge < -0.3 is 20.1 Å². The van der Waals surface area contributed by atoms with Gasteiger partial charge in [0.2, 0.25) is 16.0 Å². The molecule has 2 aromatic carbocycles. The zero-order valence-electron chi connectivity index (χ0n) is 24.2. The van der Waals surface area contributed by atoms with Crippen LogP contribution in [-0.4, -0.2) is 76.0 Å². The first-order valence-corrected chi connectivity index (χ1v) is 16.6. The lowest BCUT2D eigenvalue weighted by atomic mass is 9.91. The number of nitrogens with zero attached hydrogens (tertiary/aromatic N) is 4. The predicted molar refractivity (Wildman–Crippen MR) is 167 cm³/mol. The van der Waals surface area contributed by atoms with Crippen LogP contribution in [0, 0.1) is 0 Å². The van der Waals surface area contributed by atoms with E-state index in [4.69, 9.17) is 21.1 Å². The van der Waals surface area contributed by atoms with Crippen molar-refractivity contribution in [1.29, 1.82) is 0 Å². The molecule has 1 fully saturated rings. The Hall–Kier alpha value is -3.12. The van der Waals surface area contributed by atoms with Crippen LogP contribution < -0.4 is 19.7 Å². The van der Waals surface area contributed by atoms with Gasteiger partial charge in [-0.3, -0.25) is 9.21 Å². The number of aromatic nitrogens is 2. The van der Waals surface area contributed by atoms with Gasteiger partial charge in [-0.25, -0.2) is 13.4 Å². The fraction of sp³-hybridized carbons (Fsp3) is 0.467. The second kappa shape index (κ2) is 11.9. The summed E-state index contributed by atoms with van der Waals surface area (Å²) < 4.78 is 37.8. The molecule has 6 bridgehead atoms. The van der Waals surface area contributed by atoms with Crippen LogP contribution in [0.25, 0.3) is 0 Å². The zero-order valence-corrected chi connectivity index (χ0v) is 25.8. The molecule has 0 saturated carbocycles. The minimum absolute atomic E-state index is 0.317. The summed E-state index contributed by atoms with van der Waals surface area (Å²) in [7, 11) is -0.235. The number of sulfonamides is 1. The molecule has 2 aliphatic heterocycles. The van der Waals surface area contributed by atoms with Crippen molar-refractivity contribution in [1.82, 2.24) is 14.9 Å². The summed E-state index contributed by atoms with van der Waals surface area (Å²) in [6, 6.07) is 8.50. The summed E-state index contributed by atoms with van der Waals surface area (Å²) in [6.45, 7) is 3.55. The molecule has 1 atom stereocenters. The summed E-state index contributed by atoms with van der Waals surface area (Å²) >= 11 is 6.52. The van der Waals surface area contributed by atoms with E-state index >= 15 is 0 Å². The van der Waals surface area contributed by atoms with Crippen molar-refractivity contribution >= 4 is 50.5 Å². The van der Waals surface area contributed by atoms with E-state index in [1.54, 1.807) is 7.11 Å². The summed E-state index contributed by atoms with van der Waals surface area (Å²) in [5, 5.41) is 6.99. The van der Waals surface area contributed by atoms with Gasteiger partial charge in [0.25, 0.3) is 0 Å². The Labute approximate surface area is 252 Å². The number of hydrogen-bond donors (Lipinski definition) is 2. The number of ether oxygens (including phenoxy) is 2. The van der Waals surface area contributed by atoms with E-state index in [-0.39, 0.29) is 0 Å². The molecule has 0 unspecified atom stereocenters. The highest BCUT2D eigenvalue weighted by Gasteiger charge is 2.28. The van der Waals surface area contributed by atoms with Crippen molar-refractivity contribution in [2.24, 2.45) is 0 Å². The Morgan fingerprint density at radius 2 is 1.81 bits per heavy atom. The average molecular weight is 613 g/mol. The van der Waals surface area contributed by atoms with Crippen molar-refractivity contribution in [3.63, 3.8) is 0 Å². The molecular weight excluding hydrogens is 576 g/mol. The lowest BCUT2D eigenvalue weighted by Crippen LogP contribution is -2.43. The van der Waals surface area contributed by atoms with E-state index in [9.17, 15) is 8.42 Å². The van der Waals surface area contributed by atoms with Gasteiger partial charge in [0.05, 0.1) is 49.8 Å². The van der Waals surface area contributed by atoms with Crippen LogP contribution in [0.3, 0.4) is 0 Å². The minimum Gasteiger partial charge on any atom is -0.494 e. The molecule has 0 spiro atoms. The number of benzene rings is 2. The van der Waals surface area contributed by atoms with E-state index in [1.807, 2.05) is 18.2 Å². The number of fused-ring (bicyclic) bond motifs is 8. The van der Waals surface area contributed by atoms with Gasteiger partial charge in [-0.1, -0.05) is 17.7 Å². The maximum atomic E-state index is 12.4. The van der Waals surface area contributed by atoms with Gasteiger partial charge in [-0.15, -0.1) is 0 Å². The summed E-state index contributed by atoms with van der Waals surface area (Å²) in [4.78, 5) is 11.7. The first-order chi connectivity index (χ1) is 20.2. The second-order valence-corrected chi connectivity index (χ2v) is 13.6. The van der Waals surface area contributed by atoms with Crippen molar-refractivity contribution in [3.8, 4) is 5.75 Å². The molecule has 224 valence electrons. The molecule has 6 rings (SSSR count). The third-order valence-electron chi connectivity index (χ3n) is 8.63. The minimum atomic E-state index is -3.49. The summed E-state index contributed by atoms with van der Waals surface area (Å²) in [5.74, 6) is 1.56.